The quantitative estimate of drug-likeness (QED) is 0.429. The summed E-state index contributed by atoms with van der Waals surface area (Å²) in [5.41, 5.74) is 1.60. The Labute approximate surface area is 178 Å². The molecular formula is C21H20Cl2N4O2. The van der Waals surface area contributed by atoms with Crippen LogP contribution < -0.4 is 4.90 Å². The van der Waals surface area contributed by atoms with Crippen LogP contribution in [-0.4, -0.2) is 40.2 Å². The smallest absolute Gasteiger partial charge is 0.330 e. The Bertz CT molecular complexity index is 1070. The normalized spacial score (nSPS) is 16.8. The van der Waals surface area contributed by atoms with E-state index in [0.717, 1.165) is 42.7 Å². The van der Waals surface area contributed by atoms with E-state index in [2.05, 4.69) is 20.7 Å². The first-order valence-corrected chi connectivity index (χ1v) is 10.1. The molecule has 0 spiro atoms. The van der Waals surface area contributed by atoms with Crippen LogP contribution in [0.5, 0.6) is 0 Å². The van der Waals surface area contributed by atoms with Gasteiger partial charge in [-0.3, -0.25) is 0 Å². The SMILES string of the molecule is COC(=O)/C=C/C[C@@H]1CCCN1c1cc(-n2ccnc2)c2ccc(Cl)c(Cl)c2n1. The Balaban J connectivity index is 1.76. The first-order chi connectivity index (χ1) is 14.1. The average Bonchev–Trinajstić information content (AvgIpc) is 3.42. The summed E-state index contributed by atoms with van der Waals surface area (Å²) in [6.07, 6.45) is 11.5. The van der Waals surface area contributed by atoms with Gasteiger partial charge in [-0.1, -0.05) is 29.3 Å². The molecule has 1 fully saturated rings. The zero-order valence-corrected chi connectivity index (χ0v) is 17.4. The van der Waals surface area contributed by atoms with E-state index in [1.54, 1.807) is 18.6 Å². The van der Waals surface area contributed by atoms with Crippen molar-refractivity contribution in [2.24, 2.45) is 0 Å². The van der Waals surface area contributed by atoms with Crippen LogP contribution in [0.4, 0.5) is 5.82 Å². The van der Waals surface area contributed by atoms with E-state index in [4.69, 9.17) is 28.2 Å². The second kappa shape index (κ2) is 8.43. The maximum atomic E-state index is 11.4. The van der Waals surface area contributed by atoms with Crippen LogP contribution in [0.2, 0.25) is 10.0 Å². The lowest BCUT2D eigenvalue weighted by molar-refractivity contribution is -0.134. The molecule has 1 aromatic carbocycles. The van der Waals surface area contributed by atoms with Gasteiger partial charge in [0.15, 0.2) is 0 Å². The summed E-state index contributed by atoms with van der Waals surface area (Å²) in [6, 6.07) is 6.01. The molecule has 0 aliphatic carbocycles. The molecule has 0 amide bonds. The van der Waals surface area contributed by atoms with Gasteiger partial charge in [0, 0.05) is 42.5 Å². The third-order valence-corrected chi connectivity index (χ3v) is 5.95. The second-order valence-electron chi connectivity index (χ2n) is 6.88. The number of ether oxygens (including phenoxy) is 1. The molecule has 3 aromatic rings. The number of rotatable bonds is 5. The zero-order valence-electron chi connectivity index (χ0n) is 15.9. The van der Waals surface area contributed by atoms with Gasteiger partial charge in [0.25, 0.3) is 0 Å². The standard InChI is InChI=1S/C21H20Cl2N4O2/c1-29-19(28)6-2-4-14-5-3-10-27(14)18-12-17(26-11-9-24-13-26)15-7-8-16(22)20(23)21(15)25-18/h2,6-9,11-14H,3-5,10H2,1H3/b6-2+/t14-/m1/s1. The molecule has 150 valence electrons. The number of halogens is 2. The van der Waals surface area contributed by atoms with E-state index < -0.39 is 0 Å². The van der Waals surface area contributed by atoms with Crippen LogP contribution in [0, 0.1) is 0 Å². The Hall–Kier alpha value is -2.57. The molecule has 1 atom stereocenters. The maximum Gasteiger partial charge on any atom is 0.330 e. The highest BCUT2D eigenvalue weighted by Crippen LogP contribution is 2.36. The van der Waals surface area contributed by atoms with Crippen molar-refractivity contribution in [2.75, 3.05) is 18.6 Å². The predicted molar refractivity (Wildman–Crippen MR) is 115 cm³/mol. The molecule has 0 bridgehead atoms. The van der Waals surface area contributed by atoms with Gasteiger partial charge in [-0.15, -0.1) is 0 Å². The molecule has 0 N–H and O–H groups in total. The van der Waals surface area contributed by atoms with E-state index >= 15 is 0 Å². The van der Waals surface area contributed by atoms with Crippen molar-refractivity contribution in [2.45, 2.75) is 25.3 Å². The van der Waals surface area contributed by atoms with Crippen molar-refractivity contribution < 1.29 is 9.53 Å². The van der Waals surface area contributed by atoms with Gasteiger partial charge < -0.3 is 14.2 Å². The monoisotopic (exact) mass is 430 g/mol. The van der Waals surface area contributed by atoms with Crippen LogP contribution in [0.25, 0.3) is 16.6 Å². The van der Waals surface area contributed by atoms with Gasteiger partial charge in [-0.2, -0.15) is 0 Å². The topological polar surface area (TPSA) is 60.2 Å². The highest BCUT2D eigenvalue weighted by atomic mass is 35.5. The number of nitrogens with zero attached hydrogens (tertiary/aromatic N) is 4. The van der Waals surface area contributed by atoms with Crippen molar-refractivity contribution in [1.82, 2.24) is 14.5 Å². The number of pyridine rings is 1. The number of benzene rings is 1. The Morgan fingerprint density at radius 2 is 2.24 bits per heavy atom. The molecular weight excluding hydrogens is 411 g/mol. The molecule has 6 nitrogen and oxygen atoms in total. The fraction of sp³-hybridized carbons (Fsp3) is 0.286. The fourth-order valence-electron chi connectivity index (χ4n) is 3.74. The zero-order chi connectivity index (χ0) is 20.4. The number of anilines is 1. The number of aromatic nitrogens is 3. The predicted octanol–water partition coefficient (Wildman–Crippen LogP) is 4.82. The molecule has 2 aromatic heterocycles. The number of hydrogen-bond acceptors (Lipinski definition) is 5. The molecule has 1 saturated heterocycles. The summed E-state index contributed by atoms with van der Waals surface area (Å²) < 4.78 is 6.61. The first kappa shape index (κ1) is 19.7. The molecule has 1 aliphatic rings. The number of methoxy groups -OCH3 is 1. The molecule has 0 saturated carbocycles. The van der Waals surface area contributed by atoms with Crippen LogP contribution in [-0.2, 0) is 9.53 Å². The summed E-state index contributed by atoms with van der Waals surface area (Å²) >= 11 is 12.8. The lowest BCUT2D eigenvalue weighted by atomic mass is 10.1. The van der Waals surface area contributed by atoms with Crippen molar-refractivity contribution >= 4 is 45.9 Å². The summed E-state index contributed by atoms with van der Waals surface area (Å²) in [5, 5.41) is 1.82. The first-order valence-electron chi connectivity index (χ1n) is 9.36. The average molecular weight is 431 g/mol. The van der Waals surface area contributed by atoms with Crippen LogP contribution in [0.15, 0.2) is 49.1 Å². The second-order valence-corrected chi connectivity index (χ2v) is 7.66. The fourth-order valence-corrected chi connectivity index (χ4v) is 4.10. The van der Waals surface area contributed by atoms with E-state index in [0.29, 0.717) is 15.6 Å². The highest BCUT2D eigenvalue weighted by Gasteiger charge is 2.26. The molecule has 4 rings (SSSR count). The highest BCUT2D eigenvalue weighted by molar-refractivity contribution is 6.45. The van der Waals surface area contributed by atoms with E-state index in [-0.39, 0.29) is 12.0 Å². The minimum absolute atomic E-state index is 0.245. The van der Waals surface area contributed by atoms with E-state index in [1.165, 1.54) is 13.2 Å². The number of carbonyl (C=O) groups excluding carboxylic acids is 1. The van der Waals surface area contributed by atoms with E-state index in [9.17, 15) is 4.79 Å². The van der Waals surface area contributed by atoms with Gasteiger partial charge in [-0.05, 0) is 31.4 Å². The van der Waals surface area contributed by atoms with E-state index in [1.807, 2.05) is 22.9 Å². The minimum atomic E-state index is -0.345. The molecule has 3 heterocycles. The van der Waals surface area contributed by atoms with Crippen LogP contribution in [0.3, 0.4) is 0 Å². The summed E-state index contributed by atoms with van der Waals surface area (Å²) in [5.74, 6) is 0.488. The number of carbonyl (C=O) groups is 1. The number of fused-ring (bicyclic) bond motifs is 1. The Morgan fingerprint density at radius 3 is 3.00 bits per heavy atom. The minimum Gasteiger partial charge on any atom is -0.466 e. The Kier molecular flexibility index (Phi) is 5.74. The third kappa shape index (κ3) is 3.95. The molecule has 29 heavy (non-hydrogen) atoms. The van der Waals surface area contributed by atoms with Crippen molar-refractivity contribution in [3.05, 3.63) is 59.1 Å². The van der Waals surface area contributed by atoms with Gasteiger partial charge >= 0.3 is 5.97 Å². The number of imidazole rings is 1. The molecule has 0 unspecified atom stereocenters. The Morgan fingerprint density at radius 1 is 1.38 bits per heavy atom. The lowest BCUT2D eigenvalue weighted by Crippen LogP contribution is -2.29. The van der Waals surface area contributed by atoms with Crippen molar-refractivity contribution in [3.63, 3.8) is 0 Å². The van der Waals surface area contributed by atoms with Crippen LogP contribution in [0.1, 0.15) is 19.3 Å². The van der Waals surface area contributed by atoms with Gasteiger partial charge in [0.05, 0.1) is 34.7 Å². The number of esters is 1. The molecule has 0 radical (unpaired) electrons. The summed E-state index contributed by atoms with van der Waals surface area (Å²) in [6.45, 7) is 0.886. The summed E-state index contributed by atoms with van der Waals surface area (Å²) in [7, 11) is 1.38. The third-order valence-electron chi connectivity index (χ3n) is 5.15. The maximum absolute atomic E-state index is 11.4. The van der Waals surface area contributed by atoms with Crippen molar-refractivity contribution in [3.8, 4) is 5.69 Å². The largest absolute Gasteiger partial charge is 0.466 e. The van der Waals surface area contributed by atoms with Gasteiger partial charge in [-0.25, -0.2) is 14.8 Å². The molecule has 8 heteroatoms. The van der Waals surface area contributed by atoms with Crippen molar-refractivity contribution in [1.29, 1.82) is 0 Å². The summed E-state index contributed by atoms with van der Waals surface area (Å²) in [4.78, 5) is 22.6. The van der Waals surface area contributed by atoms with Crippen LogP contribution >= 0.6 is 23.2 Å². The van der Waals surface area contributed by atoms with Gasteiger partial charge in [0.2, 0.25) is 0 Å². The lowest BCUT2D eigenvalue weighted by Gasteiger charge is -2.26. The van der Waals surface area contributed by atoms with Gasteiger partial charge in [0.1, 0.15) is 5.82 Å². The number of hydrogen-bond donors (Lipinski definition) is 0. The molecule has 1 aliphatic heterocycles.